The second-order valence-corrected chi connectivity index (χ2v) is 5.95. The van der Waals surface area contributed by atoms with Gasteiger partial charge in [0.25, 0.3) is 5.91 Å². The highest BCUT2D eigenvalue weighted by atomic mass is 35.5. The quantitative estimate of drug-likeness (QED) is 0.789. The van der Waals surface area contributed by atoms with Crippen molar-refractivity contribution in [2.45, 2.75) is 19.8 Å². The summed E-state index contributed by atoms with van der Waals surface area (Å²) in [6, 6.07) is 4.93. The molecule has 0 atom stereocenters. The SMILES string of the molecule is Cc1nn(C)c(Cl)c1/C=C/C(=O)N1CCCc2cccc(F)c21. The molecule has 0 bridgehead atoms. The molecule has 0 unspecified atom stereocenters. The van der Waals surface area contributed by atoms with Crippen LogP contribution in [0.4, 0.5) is 10.1 Å². The lowest BCUT2D eigenvalue weighted by Crippen LogP contribution is -2.35. The van der Waals surface area contributed by atoms with Crippen LogP contribution in [0.3, 0.4) is 0 Å². The number of aromatic nitrogens is 2. The maximum atomic E-state index is 14.1. The van der Waals surface area contributed by atoms with Gasteiger partial charge in [0.05, 0.1) is 11.4 Å². The van der Waals surface area contributed by atoms with Crippen LogP contribution in [0.25, 0.3) is 6.08 Å². The van der Waals surface area contributed by atoms with E-state index in [2.05, 4.69) is 5.10 Å². The normalized spacial score (nSPS) is 14.3. The van der Waals surface area contributed by atoms with Gasteiger partial charge in [-0.1, -0.05) is 23.7 Å². The topological polar surface area (TPSA) is 38.1 Å². The Morgan fingerprint density at radius 1 is 1.43 bits per heavy atom. The predicted molar refractivity (Wildman–Crippen MR) is 89.1 cm³/mol. The molecule has 0 radical (unpaired) electrons. The third-order valence-corrected chi connectivity index (χ3v) is 4.47. The molecule has 1 aliphatic heterocycles. The zero-order valence-corrected chi connectivity index (χ0v) is 13.8. The molecule has 0 spiro atoms. The highest BCUT2D eigenvalue weighted by molar-refractivity contribution is 6.31. The zero-order chi connectivity index (χ0) is 16.6. The maximum absolute atomic E-state index is 14.1. The third-order valence-electron chi connectivity index (χ3n) is 4.02. The number of halogens is 2. The van der Waals surface area contributed by atoms with Gasteiger partial charge >= 0.3 is 0 Å². The molecule has 23 heavy (non-hydrogen) atoms. The van der Waals surface area contributed by atoms with Gasteiger partial charge < -0.3 is 4.90 Å². The summed E-state index contributed by atoms with van der Waals surface area (Å²) in [7, 11) is 1.74. The van der Waals surface area contributed by atoms with Crippen LogP contribution < -0.4 is 4.90 Å². The van der Waals surface area contributed by atoms with Crippen LogP contribution in [-0.2, 0) is 18.3 Å². The van der Waals surface area contributed by atoms with Crippen molar-refractivity contribution >= 4 is 29.3 Å². The van der Waals surface area contributed by atoms with Gasteiger partial charge in [-0.2, -0.15) is 5.10 Å². The van der Waals surface area contributed by atoms with Crippen LogP contribution in [-0.4, -0.2) is 22.2 Å². The Morgan fingerprint density at radius 3 is 2.91 bits per heavy atom. The summed E-state index contributed by atoms with van der Waals surface area (Å²) in [4.78, 5) is 14.0. The fraction of sp³-hybridized carbons (Fsp3) is 0.294. The first-order chi connectivity index (χ1) is 11.0. The fourth-order valence-electron chi connectivity index (χ4n) is 2.90. The summed E-state index contributed by atoms with van der Waals surface area (Å²) in [5, 5.41) is 4.67. The van der Waals surface area contributed by atoms with E-state index in [4.69, 9.17) is 11.6 Å². The molecule has 1 aromatic heterocycles. The van der Waals surface area contributed by atoms with Crippen molar-refractivity contribution < 1.29 is 9.18 Å². The van der Waals surface area contributed by atoms with E-state index in [1.807, 2.05) is 13.0 Å². The lowest BCUT2D eigenvalue weighted by Gasteiger charge is -2.28. The van der Waals surface area contributed by atoms with Crippen LogP contribution in [0.2, 0.25) is 5.15 Å². The first-order valence-electron chi connectivity index (χ1n) is 7.45. The summed E-state index contributed by atoms with van der Waals surface area (Å²) in [5.41, 5.74) is 2.70. The Kier molecular flexibility index (Phi) is 4.22. The van der Waals surface area contributed by atoms with Crippen molar-refractivity contribution in [2.24, 2.45) is 7.05 Å². The first-order valence-corrected chi connectivity index (χ1v) is 7.83. The van der Waals surface area contributed by atoms with Crippen LogP contribution in [0.15, 0.2) is 24.3 Å². The first kappa shape index (κ1) is 15.7. The number of para-hydroxylation sites is 1. The van der Waals surface area contributed by atoms with Gasteiger partial charge in [-0.15, -0.1) is 0 Å². The second-order valence-electron chi connectivity index (χ2n) is 5.59. The molecule has 2 aromatic rings. The Morgan fingerprint density at radius 2 is 2.22 bits per heavy atom. The fourth-order valence-corrected chi connectivity index (χ4v) is 3.14. The number of amides is 1. The van der Waals surface area contributed by atoms with Crippen molar-refractivity contribution in [3.63, 3.8) is 0 Å². The van der Waals surface area contributed by atoms with E-state index < -0.39 is 0 Å². The van der Waals surface area contributed by atoms with E-state index in [1.54, 1.807) is 23.9 Å². The molecule has 3 rings (SSSR count). The van der Waals surface area contributed by atoms with Crippen LogP contribution in [0.5, 0.6) is 0 Å². The summed E-state index contributed by atoms with van der Waals surface area (Å²) in [6.45, 7) is 2.34. The Hall–Kier alpha value is -2.14. The largest absolute Gasteiger partial charge is 0.306 e. The Bertz CT molecular complexity index is 797. The van der Waals surface area contributed by atoms with Crippen molar-refractivity contribution in [3.8, 4) is 0 Å². The number of fused-ring (bicyclic) bond motifs is 1. The second kappa shape index (κ2) is 6.16. The number of aryl methyl sites for hydroxylation is 3. The van der Waals surface area contributed by atoms with Gasteiger partial charge in [0, 0.05) is 25.2 Å². The summed E-state index contributed by atoms with van der Waals surface area (Å²) < 4.78 is 15.7. The lowest BCUT2D eigenvalue weighted by atomic mass is 10.0. The van der Waals surface area contributed by atoms with Crippen LogP contribution in [0.1, 0.15) is 23.2 Å². The molecule has 120 valence electrons. The van der Waals surface area contributed by atoms with E-state index >= 15 is 0 Å². The number of anilines is 1. The highest BCUT2D eigenvalue weighted by Gasteiger charge is 2.24. The monoisotopic (exact) mass is 333 g/mol. The predicted octanol–water partition coefficient (Wildman–Crippen LogP) is 3.51. The van der Waals surface area contributed by atoms with Crippen molar-refractivity contribution in [1.29, 1.82) is 0 Å². The van der Waals surface area contributed by atoms with Gasteiger partial charge in [-0.05, 0) is 37.5 Å². The van der Waals surface area contributed by atoms with Crippen molar-refractivity contribution in [2.75, 3.05) is 11.4 Å². The smallest absolute Gasteiger partial charge is 0.251 e. The standard InChI is InChI=1S/C17H17ClFN3O/c1-11-13(17(18)21(2)20-11)8-9-15(23)22-10-4-6-12-5-3-7-14(19)16(12)22/h3,5,7-9H,4,6,10H2,1-2H3/b9-8+. The molecule has 6 heteroatoms. The molecule has 1 aromatic carbocycles. The van der Waals surface area contributed by atoms with E-state index in [-0.39, 0.29) is 11.7 Å². The molecular formula is C17H17ClFN3O. The number of hydrogen-bond acceptors (Lipinski definition) is 2. The molecule has 0 N–H and O–H groups in total. The Balaban J connectivity index is 1.89. The van der Waals surface area contributed by atoms with E-state index in [0.717, 1.165) is 24.1 Å². The molecule has 2 heterocycles. The van der Waals surface area contributed by atoms with Crippen LogP contribution in [0, 0.1) is 12.7 Å². The minimum Gasteiger partial charge on any atom is -0.306 e. The molecular weight excluding hydrogens is 317 g/mol. The van der Waals surface area contributed by atoms with Gasteiger partial charge in [0.15, 0.2) is 0 Å². The number of carbonyl (C=O) groups is 1. The molecule has 0 fully saturated rings. The van der Waals surface area contributed by atoms with Gasteiger partial charge in [-0.25, -0.2) is 4.39 Å². The molecule has 1 aliphatic rings. The maximum Gasteiger partial charge on any atom is 0.251 e. The minimum absolute atomic E-state index is 0.254. The highest BCUT2D eigenvalue weighted by Crippen LogP contribution is 2.30. The van der Waals surface area contributed by atoms with Gasteiger partial charge in [0.2, 0.25) is 0 Å². The average Bonchev–Trinajstić information content (AvgIpc) is 2.77. The minimum atomic E-state index is -0.362. The summed E-state index contributed by atoms with van der Waals surface area (Å²) >= 11 is 6.15. The van der Waals surface area contributed by atoms with Gasteiger partial charge in [-0.3, -0.25) is 9.48 Å². The van der Waals surface area contributed by atoms with Crippen LogP contribution >= 0.6 is 11.6 Å². The van der Waals surface area contributed by atoms with E-state index in [0.29, 0.717) is 22.9 Å². The molecule has 1 amide bonds. The molecule has 4 nitrogen and oxygen atoms in total. The zero-order valence-electron chi connectivity index (χ0n) is 13.0. The number of carbonyl (C=O) groups excluding carboxylic acids is 1. The van der Waals surface area contributed by atoms with E-state index in [1.165, 1.54) is 17.0 Å². The third kappa shape index (κ3) is 2.88. The van der Waals surface area contributed by atoms with Gasteiger partial charge in [0.1, 0.15) is 11.0 Å². The van der Waals surface area contributed by atoms with Crippen molar-refractivity contribution in [3.05, 3.63) is 52.1 Å². The summed E-state index contributed by atoms with van der Waals surface area (Å²) in [5.74, 6) is -0.616. The molecule has 0 aliphatic carbocycles. The molecule has 0 saturated carbocycles. The number of benzene rings is 1. The number of hydrogen-bond donors (Lipinski definition) is 0. The molecule has 0 saturated heterocycles. The number of nitrogens with zero attached hydrogens (tertiary/aromatic N) is 3. The lowest BCUT2D eigenvalue weighted by molar-refractivity contribution is -0.114. The number of rotatable bonds is 2. The van der Waals surface area contributed by atoms with Crippen molar-refractivity contribution in [1.82, 2.24) is 9.78 Å². The average molecular weight is 334 g/mol. The summed E-state index contributed by atoms with van der Waals surface area (Å²) in [6.07, 6.45) is 4.68. The Labute approximate surface area is 139 Å². The van der Waals surface area contributed by atoms with E-state index in [9.17, 15) is 9.18 Å².